The molecule has 2 aliphatic rings. The maximum Gasteiger partial charge on any atom is 0.160 e. The van der Waals surface area contributed by atoms with E-state index in [1.807, 2.05) is 6.07 Å². The Morgan fingerprint density at radius 3 is 1.92 bits per heavy atom. The highest BCUT2D eigenvalue weighted by Crippen LogP contribution is 2.53. The summed E-state index contributed by atoms with van der Waals surface area (Å²) in [5.74, 6) is 0.751. The van der Waals surface area contributed by atoms with Gasteiger partial charge in [0.15, 0.2) is 5.82 Å². The van der Waals surface area contributed by atoms with Gasteiger partial charge in [0.25, 0.3) is 0 Å². The smallest absolute Gasteiger partial charge is 0.160 e. The highest BCUT2D eigenvalue weighted by Gasteiger charge is 2.40. The lowest BCUT2D eigenvalue weighted by molar-refractivity contribution is 0.658. The zero-order valence-corrected chi connectivity index (χ0v) is 28.1. The lowest BCUT2D eigenvalue weighted by Gasteiger charge is -2.24. The average molecular weight is 630 g/mol. The molecule has 0 saturated carbocycles. The van der Waals surface area contributed by atoms with Gasteiger partial charge in [0.05, 0.1) is 22.4 Å². The van der Waals surface area contributed by atoms with Crippen molar-refractivity contribution in [1.29, 1.82) is 0 Å². The van der Waals surface area contributed by atoms with Crippen molar-refractivity contribution in [2.45, 2.75) is 38.5 Å². The molecule has 0 bridgehead atoms. The van der Waals surface area contributed by atoms with Crippen molar-refractivity contribution in [3.05, 3.63) is 162 Å². The van der Waals surface area contributed by atoms with Crippen LogP contribution in [-0.2, 0) is 10.8 Å². The summed E-state index contributed by atoms with van der Waals surface area (Å²) in [6.45, 7) is 9.33. The molecule has 3 heteroatoms. The van der Waals surface area contributed by atoms with Crippen molar-refractivity contribution in [2.24, 2.45) is 0 Å². The standard InChI is InChI=1S/C46H35N3/c1-45(2)36-22-11-8-19-31(36)34-26-35-32-20-10-13-24-39(32)49(40(35)27-38(34)45)30-18-14-17-29(25-30)42-41-43(33-21-9-12-23-37(33)46(41,3)4)48-44(47-42)28-15-6-5-7-16-28/h5-27H,1-4H3. The van der Waals surface area contributed by atoms with E-state index in [1.165, 1.54) is 60.8 Å². The van der Waals surface area contributed by atoms with Crippen LogP contribution >= 0.6 is 0 Å². The molecule has 0 aliphatic heterocycles. The van der Waals surface area contributed by atoms with Crippen LogP contribution in [0.2, 0.25) is 0 Å². The van der Waals surface area contributed by atoms with Crippen LogP contribution in [0.1, 0.15) is 49.9 Å². The quantitative estimate of drug-likeness (QED) is 0.195. The molecule has 0 amide bonds. The normalized spacial score (nSPS) is 14.9. The van der Waals surface area contributed by atoms with Crippen LogP contribution in [0.4, 0.5) is 0 Å². The van der Waals surface area contributed by atoms with Gasteiger partial charge in [-0.1, -0.05) is 137 Å². The van der Waals surface area contributed by atoms with Crippen LogP contribution in [0.3, 0.4) is 0 Å². The van der Waals surface area contributed by atoms with E-state index in [0.29, 0.717) is 0 Å². The zero-order valence-electron chi connectivity index (χ0n) is 28.1. The summed E-state index contributed by atoms with van der Waals surface area (Å²) < 4.78 is 2.45. The van der Waals surface area contributed by atoms with Crippen LogP contribution in [-0.4, -0.2) is 14.5 Å². The SMILES string of the molecule is CC1(C)c2ccccc2-c2cc3c4ccccc4n(-c4cccc(-c5nc(-c6ccccc6)nc6c5C(C)(C)c5ccccc5-6)c4)c3cc21. The van der Waals surface area contributed by atoms with Gasteiger partial charge in [0, 0.05) is 49.5 Å². The first-order valence-electron chi connectivity index (χ1n) is 17.2. The minimum atomic E-state index is -0.250. The van der Waals surface area contributed by atoms with E-state index in [2.05, 4.69) is 166 Å². The van der Waals surface area contributed by atoms with E-state index in [-0.39, 0.29) is 10.8 Å². The first-order chi connectivity index (χ1) is 23.8. The Labute approximate surface area is 286 Å². The molecule has 8 aromatic rings. The first kappa shape index (κ1) is 28.2. The Hall–Kier alpha value is -5.80. The number of benzene rings is 6. The third-order valence-electron chi connectivity index (χ3n) is 11.2. The molecule has 0 unspecified atom stereocenters. The maximum absolute atomic E-state index is 5.38. The van der Waals surface area contributed by atoms with E-state index >= 15 is 0 Å². The molecule has 6 aromatic carbocycles. The molecule has 49 heavy (non-hydrogen) atoms. The number of nitrogens with zero attached hydrogens (tertiary/aromatic N) is 3. The van der Waals surface area contributed by atoms with E-state index < -0.39 is 0 Å². The fourth-order valence-electron chi connectivity index (χ4n) is 8.78. The van der Waals surface area contributed by atoms with Gasteiger partial charge in [0.1, 0.15) is 0 Å². The highest BCUT2D eigenvalue weighted by atomic mass is 15.0. The Morgan fingerprint density at radius 1 is 0.449 bits per heavy atom. The number of fused-ring (bicyclic) bond motifs is 9. The zero-order chi connectivity index (χ0) is 33.1. The Balaban J connectivity index is 1.23. The summed E-state index contributed by atoms with van der Waals surface area (Å²) in [7, 11) is 0. The topological polar surface area (TPSA) is 30.7 Å². The Morgan fingerprint density at radius 2 is 1.10 bits per heavy atom. The van der Waals surface area contributed by atoms with Gasteiger partial charge < -0.3 is 4.57 Å². The maximum atomic E-state index is 5.38. The minimum absolute atomic E-state index is 0.0841. The van der Waals surface area contributed by atoms with Crippen LogP contribution in [0.15, 0.2) is 140 Å². The third kappa shape index (κ3) is 3.84. The molecule has 234 valence electrons. The lowest BCUT2D eigenvalue weighted by atomic mass is 9.81. The summed E-state index contributed by atoms with van der Waals surface area (Å²) in [6.07, 6.45) is 0. The summed E-state index contributed by atoms with van der Waals surface area (Å²) in [6, 6.07) is 50.6. The largest absolute Gasteiger partial charge is 0.309 e. The molecule has 2 heterocycles. The van der Waals surface area contributed by atoms with Crippen molar-refractivity contribution < 1.29 is 0 Å². The van der Waals surface area contributed by atoms with Gasteiger partial charge in [-0.05, 0) is 58.1 Å². The molecule has 2 aliphatic carbocycles. The predicted molar refractivity (Wildman–Crippen MR) is 202 cm³/mol. The van der Waals surface area contributed by atoms with Crippen molar-refractivity contribution in [2.75, 3.05) is 0 Å². The second kappa shape index (κ2) is 9.87. The first-order valence-corrected chi connectivity index (χ1v) is 17.2. The summed E-state index contributed by atoms with van der Waals surface area (Å²) in [4.78, 5) is 10.6. The number of hydrogen-bond donors (Lipinski definition) is 0. The molecule has 0 N–H and O–H groups in total. The summed E-state index contributed by atoms with van der Waals surface area (Å²) >= 11 is 0. The van der Waals surface area contributed by atoms with Gasteiger partial charge >= 0.3 is 0 Å². The monoisotopic (exact) mass is 629 g/mol. The summed E-state index contributed by atoms with van der Waals surface area (Å²) in [5.41, 5.74) is 16.5. The van der Waals surface area contributed by atoms with Crippen molar-refractivity contribution in [3.8, 4) is 50.7 Å². The molecule has 0 spiro atoms. The molecular weight excluding hydrogens is 595 g/mol. The number of aromatic nitrogens is 3. The van der Waals surface area contributed by atoms with Crippen molar-refractivity contribution in [3.63, 3.8) is 0 Å². The predicted octanol–water partition coefficient (Wildman–Crippen LogP) is 11.5. The fraction of sp³-hybridized carbons (Fsp3) is 0.130. The third-order valence-corrected chi connectivity index (χ3v) is 11.2. The Kier molecular flexibility index (Phi) is 5.69. The fourth-order valence-corrected chi connectivity index (χ4v) is 8.78. The Bertz CT molecular complexity index is 2660. The molecule has 0 radical (unpaired) electrons. The molecule has 2 aromatic heterocycles. The van der Waals surface area contributed by atoms with Crippen molar-refractivity contribution >= 4 is 21.8 Å². The van der Waals surface area contributed by atoms with Gasteiger partial charge in [-0.15, -0.1) is 0 Å². The average Bonchev–Trinajstić information content (AvgIpc) is 3.68. The second-order valence-corrected chi connectivity index (χ2v) is 14.6. The molecule has 10 rings (SSSR count). The van der Waals surface area contributed by atoms with E-state index in [1.54, 1.807) is 0 Å². The molecule has 0 atom stereocenters. The van der Waals surface area contributed by atoms with Crippen molar-refractivity contribution in [1.82, 2.24) is 14.5 Å². The van der Waals surface area contributed by atoms with Crippen LogP contribution < -0.4 is 0 Å². The molecular formula is C46H35N3. The number of hydrogen-bond acceptors (Lipinski definition) is 2. The van der Waals surface area contributed by atoms with Gasteiger partial charge in [-0.2, -0.15) is 0 Å². The van der Waals surface area contributed by atoms with Gasteiger partial charge in [-0.25, -0.2) is 9.97 Å². The van der Waals surface area contributed by atoms with E-state index in [0.717, 1.165) is 34.0 Å². The van der Waals surface area contributed by atoms with Gasteiger partial charge in [-0.3, -0.25) is 0 Å². The number of para-hydroxylation sites is 1. The summed E-state index contributed by atoms with van der Waals surface area (Å²) in [5, 5.41) is 2.54. The van der Waals surface area contributed by atoms with Crippen LogP contribution in [0, 0.1) is 0 Å². The lowest BCUT2D eigenvalue weighted by Crippen LogP contribution is -2.17. The van der Waals surface area contributed by atoms with E-state index in [4.69, 9.17) is 9.97 Å². The molecule has 3 nitrogen and oxygen atoms in total. The van der Waals surface area contributed by atoms with Gasteiger partial charge in [0.2, 0.25) is 0 Å². The molecule has 0 fully saturated rings. The van der Waals surface area contributed by atoms with E-state index in [9.17, 15) is 0 Å². The van der Waals surface area contributed by atoms with Crippen LogP contribution in [0.25, 0.3) is 72.5 Å². The van der Waals surface area contributed by atoms with Crippen LogP contribution in [0.5, 0.6) is 0 Å². The minimum Gasteiger partial charge on any atom is -0.309 e. The number of rotatable bonds is 3. The second-order valence-electron chi connectivity index (χ2n) is 14.6. The highest BCUT2D eigenvalue weighted by molar-refractivity contribution is 6.11. The molecule has 0 saturated heterocycles.